The van der Waals surface area contributed by atoms with Crippen LogP contribution in [0, 0.1) is 5.82 Å². The van der Waals surface area contributed by atoms with Crippen LogP contribution < -0.4 is 10.7 Å². The van der Waals surface area contributed by atoms with Crippen molar-refractivity contribution >= 4 is 28.9 Å². The molecular formula is C22H23FN4O2. The molecule has 0 unspecified atom stereocenters. The third-order valence-electron chi connectivity index (χ3n) is 4.57. The van der Waals surface area contributed by atoms with Gasteiger partial charge in [0.25, 0.3) is 11.8 Å². The van der Waals surface area contributed by atoms with E-state index in [0.29, 0.717) is 0 Å². The van der Waals surface area contributed by atoms with E-state index < -0.39 is 23.7 Å². The minimum atomic E-state index is -0.878. The molecule has 29 heavy (non-hydrogen) atoms. The van der Waals surface area contributed by atoms with Crippen molar-refractivity contribution in [3.63, 3.8) is 0 Å². The fourth-order valence-corrected chi connectivity index (χ4v) is 3.01. The summed E-state index contributed by atoms with van der Waals surface area (Å²) in [5.74, 6) is -1.80. The lowest BCUT2D eigenvalue weighted by Crippen LogP contribution is -2.43. The topological polar surface area (TPSA) is 75.5 Å². The second-order valence-electron chi connectivity index (χ2n) is 7.01. The lowest BCUT2D eigenvalue weighted by atomic mass is 10.2. The highest BCUT2D eigenvalue weighted by atomic mass is 19.1. The molecule has 0 spiro atoms. The number of rotatable bonds is 6. The number of nitrogens with zero attached hydrogens (tertiary/aromatic N) is 2. The minimum absolute atomic E-state index is 0.114. The third kappa shape index (κ3) is 4.51. The summed E-state index contributed by atoms with van der Waals surface area (Å²) in [5, 5.41) is 7.51. The Bertz CT molecular complexity index is 1070. The molecule has 0 aliphatic rings. The predicted octanol–water partition coefficient (Wildman–Crippen LogP) is 3.63. The van der Waals surface area contributed by atoms with Crippen LogP contribution in [-0.4, -0.2) is 28.6 Å². The molecule has 2 aromatic carbocycles. The highest BCUT2D eigenvalue weighted by Gasteiger charge is 2.18. The van der Waals surface area contributed by atoms with Crippen LogP contribution in [0.3, 0.4) is 0 Å². The van der Waals surface area contributed by atoms with E-state index in [4.69, 9.17) is 0 Å². The molecule has 0 fully saturated rings. The van der Waals surface area contributed by atoms with Crippen molar-refractivity contribution in [1.82, 2.24) is 15.3 Å². The molecule has 3 aromatic rings. The Kier molecular flexibility index (Phi) is 6.07. The van der Waals surface area contributed by atoms with E-state index in [2.05, 4.69) is 34.3 Å². The molecule has 1 aromatic heterocycles. The number of fused-ring (bicyclic) bond motifs is 1. The third-order valence-corrected chi connectivity index (χ3v) is 4.57. The molecule has 3 rings (SSSR count). The van der Waals surface area contributed by atoms with Crippen LogP contribution in [0.25, 0.3) is 10.9 Å². The molecule has 0 aliphatic carbocycles. The number of amides is 2. The normalized spacial score (nSPS) is 12.4. The summed E-state index contributed by atoms with van der Waals surface area (Å²) >= 11 is 0. The molecule has 2 amide bonds. The summed E-state index contributed by atoms with van der Waals surface area (Å²) in [5.41, 5.74) is 4.26. The number of aromatic nitrogens is 1. The van der Waals surface area contributed by atoms with Crippen molar-refractivity contribution in [3.8, 4) is 0 Å². The minimum Gasteiger partial charge on any atom is -0.344 e. The molecular weight excluding hydrogens is 371 g/mol. The number of carbonyl (C=O) groups excluding carboxylic acids is 2. The van der Waals surface area contributed by atoms with Gasteiger partial charge in [-0.3, -0.25) is 9.59 Å². The van der Waals surface area contributed by atoms with Crippen molar-refractivity contribution in [2.45, 2.75) is 32.9 Å². The van der Waals surface area contributed by atoms with Crippen molar-refractivity contribution in [2.24, 2.45) is 5.10 Å². The zero-order valence-electron chi connectivity index (χ0n) is 16.5. The van der Waals surface area contributed by atoms with E-state index in [-0.39, 0.29) is 11.6 Å². The molecule has 2 N–H and O–H groups in total. The Morgan fingerprint density at radius 2 is 1.76 bits per heavy atom. The lowest BCUT2D eigenvalue weighted by Gasteiger charge is -2.12. The van der Waals surface area contributed by atoms with Gasteiger partial charge in [-0.05, 0) is 39.0 Å². The number of carbonyl (C=O) groups is 2. The van der Waals surface area contributed by atoms with Gasteiger partial charge in [-0.15, -0.1) is 0 Å². The Morgan fingerprint density at radius 3 is 2.48 bits per heavy atom. The van der Waals surface area contributed by atoms with Crippen LogP contribution in [0.1, 0.15) is 42.7 Å². The van der Waals surface area contributed by atoms with Gasteiger partial charge in [0.05, 0.1) is 11.8 Å². The van der Waals surface area contributed by atoms with Crippen LogP contribution in [0.5, 0.6) is 0 Å². The average Bonchev–Trinajstić information content (AvgIpc) is 3.07. The molecule has 1 atom stereocenters. The van der Waals surface area contributed by atoms with Crippen LogP contribution in [0.15, 0.2) is 59.8 Å². The summed E-state index contributed by atoms with van der Waals surface area (Å²) in [6.07, 6.45) is 3.55. The van der Waals surface area contributed by atoms with Crippen LogP contribution in [0.2, 0.25) is 0 Å². The van der Waals surface area contributed by atoms with E-state index in [0.717, 1.165) is 16.5 Å². The van der Waals surface area contributed by atoms with Gasteiger partial charge in [0, 0.05) is 28.7 Å². The molecule has 0 radical (unpaired) electrons. The Hall–Kier alpha value is -3.48. The molecule has 0 aliphatic heterocycles. The van der Waals surface area contributed by atoms with Gasteiger partial charge in [0.15, 0.2) is 0 Å². The maximum absolute atomic E-state index is 13.7. The summed E-state index contributed by atoms with van der Waals surface area (Å²) < 4.78 is 15.8. The molecule has 0 saturated heterocycles. The number of para-hydroxylation sites is 1. The number of benzene rings is 2. The van der Waals surface area contributed by atoms with Gasteiger partial charge in [-0.2, -0.15) is 5.10 Å². The number of hydrogen-bond donors (Lipinski definition) is 2. The number of nitrogens with one attached hydrogen (secondary N) is 2. The Morgan fingerprint density at radius 1 is 1.07 bits per heavy atom. The van der Waals surface area contributed by atoms with Crippen molar-refractivity contribution in [1.29, 1.82) is 0 Å². The van der Waals surface area contributed by atoms with Gasteiger partial charge < -0.3 is 9.88 Å². The van der Waals surface area contributed by atoms with Gasteiger partial charge >= 0.3 is 0 Å². The van der Waals surface area contributed by atoms with Crippen LogP contribution in [-0.2, 0) is 4.79 Å². The average molecular weight is 394 g/mol. The zero-order chi connectivity index (χ0) is 21.0. The maximum atomic E-state index is 13.7. The summed E-state index contributed by atoms with van der Waals surface area (Å²) in [7, 11) is 0. The molecule has 0 bridgehead atoms. The standard InChI is InChI=1S/C22H23FN4O2/c1-14(2)27-13-16(17-8-5-7-11-20(17)27)12-24-26-21(28)15(3)25-22(29)18-9-4-6-10-19(18)23/h4-15H,1-3H3,(H,25,29)(H,26,28)/b24-12-/t15-/m0/s1. The molecule has 1 heterocycles. The summed E-state index contributed by atoms with van der Waals surface area (Å²) in [6.45, 7) is 5.69. The lowest BCUT2D eigenvalue weighted by molar-refractivity contribution is -0.122. The second kappa shape index (κ2) is 8.68. The first-order valence-electron chi connectivity index (χ1n) is 9.36. The highest BCUT2D eigenvalue weighted by molar-refractivity contribution is 6.00. The van der Waals surface area contributed by atoms with Crippen molar-refractivity contribution in [3.05, 3.63) is 71.7 Å². The van der Waals surface area contributed by atoms with Crippen LogP contribution in [0.4, 0.5) is 4.39 Å². The fourth-order valence-electron chi connectivity index (χ4n) is 3.01. The Balaban J connectivity index is 1.66. The summed E-state index contributed by atoms with van der Waals surface area (Å²) in [6, 6.07) is 13.0. The predicted molar refractivity (Wildman–Crippen MR) is 111 cm³/mol. The largest absolute Gasteiger partial charge is 0.344 e. The SMILES string of the molecule is CC(C)n1cc(/C=N\NC(=O)[C@H](C)NC(=O)c2ccccc2F)c2ccccc21. The van der Waals surface area contributed by atoms with Gasteiger partial charge in [0.1, 0.15) is 11.9 Å². The smallest absolute Gasteiger partial charge is 0.262 e. The molecule has 6 nitrogen and oxygen atoms in total. The molecule has 150 valence electrons. The first-order valence-corrected chi connectivity index (χ1v) is 9.36. The monoisotopic (exact) mass is 394 g/mol. The summed E-state index contributed by atoms with van der Waals surface area (Å²) in [4.78, 5) is 24.3. The van der Waals surface area contributed by atoms with E-state index >= 15 is 0 Å². The van der Waals surface area contributed by atoms with Gasteiger partial charge in [0.2, 0.25) is 0 Å². The Labute approximate surface area is 168 Å². The molecule has 0 saturated carbocycles. The fraction of sp³-hybridized carbons (Fsp3) is 0.227. The van der Waals surface area contributed by atoms with E-state index in [1.54, 1.807) is 12.3 Å². The number of hydrazone groups is 1. The first-order chi connectivity index (χ1) is 13.9. The van der Waals surface area contributed by atoms with E-state index in [1.807, 2.05) is 30.5 Å². The van der Waals surface area contributed by atoms with Crippen molar-refractivity contribution in [2.75, 3.05) is 0 Å². The van der Waals surface area contributed by atoms with Gasteiger partial charge in [-0.1, -0.05) is 30.3 Å². The quantitative estimate of drug-likeness (QED) is 0.495. The van der Waals surface area contributed by atoms with E-state index in [9.17, 15) is 14.0 Å². The van der Waals surface area contributed by atoms with Gasteiger partial charge in [-0.25, -0.2) is 9.82 Å². The zero-order valence-corrected chi connectivity index (χ0v) is 16.5. The maximum Gasteiger partial charge on any atom is 0.262 e. The first kappa shape index (κ1) is 20.3. The number of hydrogen-bond acceptors (Lipinski definition) is 3. The second-order valence-corrected chi connectivity index (χ2v) is 7.01. The van der Waals surface area contributed by atoms with Crippen molar-refractivity contribution < 1.29 is 14.0 Å². The molecule has 7 heteroatoms. The highest BCUT2D eigenvalue weighted by Crippen LogP contribution is 2.23. The van der Waals surface area contributed by atoms with Crippen LogP contribution >= 0.6 is 0 Å². The number of halogens is 1. The van der Waals surface area contributed by atoms with E-state index in [1.165, 1.54) is 25.1 Å².